The minimum Gasteiger partial charge on any atom is -0.465 e. The third kappa shape index (κ3) is 6.58. The molecule has 0 radical (unpaired) electrons. The van der Waals surface area contributed by atoms with Gasteiger partial charge in [-0.1, -0.05) is 12.1 Å². The predicted octanol–water partition coefficient (Wildman–Crippen LogP) is 1.34. The zero-order valence-corrected chi connectivity index (χ0v) is 13.5. The number of rotatable bonds is 9. The van der Waals surface area contributed by atoms with E-state index >= 15 is 0 Å². The fourth-order valence-corrected chi connectivity index (χ4v) is 1.95. The van der Waals surface area contributed by atoms with Crippen LogP contribution in [0.5, 0.6) is 0 Å². The first-order valence-electron chi connectivity index (χ1n) is 7.37. The van der Waals surface area contributed by atoms with Crippen LogP contribution in [0.4, 0.5) is 5.69 Å². The summed E-state index contributed by atoms with van der Waals surface area (Å²) in [5.41, 5.74) is 1.14. The van der Waals surface area contributed by atoms with Crippen molar-refractivity contribution >= 4 is 17.6 Å². The summed E-state index contributed by atoms with van der Waals surface area (Å²) in [6, 6.07) is 7.09. The van der Waals surface area contributed by atoms with E-state index in [0.29, 0.717) is 30.8 Å². The summed E-state index contributed by atoms with van der Waals surface area (Å²) >= 11 is 0. The SMILES string of the molecule is COC(=O)c1ccccc1NCCC(=O)NCCCN(C)C. The van der Waals surface area contributed by atoms with Crippen molar-refractivity contribution in [2.75, 3.05) is 46.2 Å². The number of benzene rings is 1. The van der Waals surface area contributed by atoms with Gasteiger partial charge in [0, 0.05) is 25.2 Å². The van der Waals surface area contributed by atoms with Crippen LogP contribution in [0.1, 0.15) is 23.2 Å². The van der Waals surface area contributed by atoms with E-state index in [9.17, 15) is 9.59 Å². The Morgan fingerprint density at radius 1 is 1.18 bits per heavy atom. The van der Waals surface area contributed by atoms with Gasteiger partial charge in [-0.15, -0.1) is 0 Å². The molecule has 0 aliphatic carbocycles. The average molecular weight is 307 g/mol. The van der Waals surface area contributed by atoms with E-state index in [1.165, 1.54) is 7.11 Å². The molecule has 0 fully saturated rings. The summed E-state index contributed by atoms with van der Waals surface area (Å²) in [4.78, 5) is 25.4. The highest BCUT2D eigenvalue weighted by Crippen LogP contribution is 2.15. The number of carbonyl (C=O) groups is 2. The van der Waals surface area contributed by atoms with Gasteiger partial charge in [-0.2, -0.15) is 0 Å². The Morgan fingerprint density at radius 3 is 2.59 bits per heavy atom. The van der Waals surface area contributed by atoms with Crippen molar-refractivity contribution in [3.63, 3.8) is 0 Å². The lowest BCUT2D eigenvalue weighted by molar-refractivity contribution is -0.120. The third-order valence-corrected chi connectivity index (χ3v) is 3.10. The van der Waals surface area contributed by atoms with Crippen LogP contribution < -0.4 is 10.6 Å². The molecule has 1 aromatic carbocycles. The molecule has 6 heteroatoms. The van der Waals surface area contributed by atoms with E-state index in [1.807, 2.05) is 20.2 Å². The molecule has 0 heterocycles. The normalized spacial score (nSPS) is 10.4. The molecule has 0 saturated heterocycles. The van der Waals surface area contributed by atoms with E-state index in [2.05, 4.69) is 15.5 Å². The molecular formula is C16H25N3O3. The van der Waals surface area contributed by atoms with Gasteiger partial charge in [0.05, 0.1) is 12.7 Å². The third-order valence-electron chi connectivity index (χ3n) is 3.10. The van der Waals surface area contributed by atoms with Crippen LogP contribution in [0.15, 0.2) is 24.3 Å². The quantitative estimate of drug-likeness (QED) is 0.532. The summed E-state index contributed by atoms with van der Waals surface area (Å²) in [5.74, 6) is -0.391. The second-order valence-corrected chi connectivity index (χ2v) is 5.22. The lowest BCUT2D eigenvalue weighted by Gasteiger charge is -2.11. The summed E-state index contributed by atoms with van der Waals surface area (Å²) < 4.78 is 4.73. The summed E-state index contributed by atoms with van der Waals surface area (Å²) in [6.07, 6.45) is 1.29. The number of nitrogens with zero attached hydrogens (tertiary/aromatic N) is 1. The molecule has 6 nitrogen and oxygen atoms in total. The first-order chi connectivity index (χ1) is 10.5. The molecule has 1 rings (SSSR count). The maximum Gasteiger partial charge on any atom is 0.339 e. The fourth-order valence-electron chi connectivity index (χ4n) is 1.95. The van der Waals surface area contributed by atoms with Crippen LogP contribution in [0, 0.1) is 0 Å². The van der Waals surface area contributed by atoms with Gasteiger partial charge in [0.2, 0.25) is 5.91 Å². The van der Waals surface area contributed by atoms with Crippen molar-refractivity contribution in [1.29, 1.82) is 0 Å². The van der Waals surface area contributed by atoms with E-state index < -0.39 is 5.97 Å². The first kappa shape index (κ1) is 18.0. The predicted molar refractivity (Wildman–Crippen MR) is 87.1 cm³/mol. The molecule has 122 valence electrons. The summed E-state index contributed by atoms with van der Waals surface area (Å²) in [7, 11) is 5.36. The minimum atomic E-state index is -0.392. The fraction of sp³-hybridized carbons (Fsp3) is 0.500. The van der Waals surface area contributed by atoms with Gasteiger partial charge in [-0.3, -0.25) is 4.79 Å². The number of anilines is 1. The van der Waals surface area contributed by atoms with Crippen molar-refractivity contribution < 1.29 is 14.3 Å². The molecule has 1 aromatic rings. The number of ether oxygens (including phenoxy) is 1. The largest absolute Gasteiger partial charge is 0.465 e. The first-order valence-corrected chi connectivity index (χ1v) is 7.37. The molecule has 0 unspecified atom stereocenters. The number of nitrogens with one attached hydrogen (secondary N) is 2. The van der Waals surface area contributed by atoms with E-state index in [-0.39, 0.29) is 5.91 Å². The van der Waals surface area contributed by atoms with Crippen molar-refractivity contribution in [2.45, 2.75) is 12.8 Å². The minimum absolute atomic E-state index is 0.00167. The van der Waals surface area contributed by atoms with Crippen LogP contribution in [0.25, 0.3) is 0 Å². The van der Waals surface area contributed by atoms with Gasteiger partial charge in [0.15, 0.2) is 0 Å². The maximum atomic E-state index is 11.7. The standard InChI is InChI=1S/C16H25N3O3/c1-19(2)12-6-10-18-15(20)9-11-17-14-8-5-4-7-13(14)16(21)22-3/h4-5,7-8,17H,6,9-12H2,1-3H3,(H,18,20). The smallest absolute Gasteiger partial charge is 0.339 e. The molecule has 22 heavy (non-hydrogen) atoms. The highest BCUT2D eigenvalue weighted by Gasteiger charge is 2.10. The zero-order chi connectivity index (χ0) is 16.4. The number of hydrogen-bond donors (Lipinski definition) is 2. The Kier molecular flexibility index (Phi) is 7.99. The molecule has 0 bridgehead atoms. The van der Waals surface area contributed by atoms with Crippen LogP contribution in [-0.4, -0.2) is 57.6 Å². The molecule has 0 spiro atoms. The van der Waals surface area contributed by atoms with Crippen LogP contribution in [0.2, 0.25) is 0 Å². The van der Waals surface area contributed by atoms with Crippen LogP contribution in [0.3, 0.4) is 0 Å². The highest BCUT2D eigenvalue weighted by atomic mass is 16.5. The van der Waals surface area contributed by atoms with E-state index in [1.54, 1.807) is 18.2 Å². The van der Waals surface area contributed by atoms with Crippen molar-refractivity contribution in [2.24, 2.45) is 0 Å². The average Bonchev–Trinajstić information content (AvgIpc) is 2.51. The molecule has 2 N–H and O–H groups in total. The number of carbonyl (C=O) groups excluding carboxylic acids is 2. The van der Waals surface area contributed by atoms with Crippen molar-refractivity contribution in [3.8, 4) is 0 Å². The molecule has 0 saturated carbocycles. The van der Waals surface area contributed by atoms with Gasteiger partial charge in [0.25, 0.3) is 0 Å². The number of esters is 1. The Balaban J connectivity index is 2.32. The topological polar surface area (TPSA) is 70.7 Å². The van der Waals surface area contributed by atoms with E-state index in [0.717, 1.165) is 13.0 Å². The monoisotopic (exact) mass is 307 g/mol. The lowest BCUT2D eigenvalue weighted by Crippen LogP contribution is -2.28. The zero-order valence-electron chi connectivity index (χ0n) is 13.5. The molecule has 1 amide bonds. The van der Waals surface area contributed by atoms with E-state index in [4.69, 9.17) is 4.74 Å². The van der Waals surface area contributed by atoms with Crippen molar-refractivity contribution in [3.05, 3.63) is 29.8 Å². The van der Waals surface area contributed by atoms with Gasteiger partial charge in [0.1, 0.15) is 0 Å². The Morgan fingerprint density at radius 2 is 1.91 bits per heavy atom. The van der Waals surface area contributed by atoms with Gasteiger partial charge < -0.3 is 20.3 Å². The van der Waals surface area contributed by atoms with Gasteiger partial charge in [-0.25, -0.2) is 4.79 Å². The molecule has 0 aliphatic heterocycles. The van der Waals surface area contributed by atoms with Crippen LogP contribution >= 0.6 is 0 Å². The van der Waals surface area contributed by atoms with Crippen molar-refractivity contribution in [1.82, 2.24) is 10.2 Å². The Hall–Kier alpha value is -2.08. The second kappa shape index (κ2) is 9.78. The molecule has 0 aliphatic rings. The maximum absolute atomic E-state index is 11.7. The molecule has 0 aromatic heterocycles. The number of methoxy groups -OCH3 is 1. The highest BCUT2D eigenvalue weighted by molar-refractivity contribution is 5.95. The number of para-hydroxylation sites is 1. The van der Waals surface area contributed by atoms with Gasteiger partial charge >= 0.3 is 5.97 Å². The summed E-state index contributed by atoms with van der Waals surface area (Å²) in [6.45, 7) is 2.09. The Labute approximate surface area is 131 Å². The number of hydrogen-bond acceptors (Lipinski definition) is 5. The van der Waals surface area contributed by atoms with Gasteiger partial charge in [-0.05, 0) is 39.2 Å². The van der Waals surface area contributed by atoms with Crippen LogP contribution in [-0.2, 0) is 9.53 Å². The molecule has 0 atom stereocenters. The number of amides is 1. The second-order valence-electron chi connectivity index (χ2n) is 5.22. The molecular weight excluding hydrogens is 282 g/mol. The summed E-state index contributed by atoms with van der Waals surface area (Å²) in [5, 5.41) is 5.97. The Bertz CT molecular complexity index is 489. The lowest BCUT2D eigenvalue weighted by atomic mass is 10.2.